The monoisotopic (exact) mass is 244 g/mol. The van der Waals surface area contributed by atoms with Gasteiger partial charge in [0.25, 0.3) is 0 Å². The summed E-state index contributed by atoms with van der Waals surface area (Å²) in [6.07, 6.45) is 1.33. The Morgan fingerprint density at radius 1 is 1.47 bits per heavy atom. The number of alkyl carbamates (subject to hydrolysis) is 1. The molecule has 0 radical (unpaired) electrons. The van der Waals surface area contributed by atoms with Crippen molar-refractivity contribution in [2.45, 2.75) is 44.8 Å². The third-order valence-electron chi connectivity index (χ3n) is 2.72. The van der Waals surface area contributed by atoms with Gasteiger partial charge in [0.2, 0.25) is 0 Å². The molecule has 1 amide bonds. The molecule has 1 heterocycles. The van der Waals surface area contributed by atoms with Crippen LogP contribution in [0.5, 0.6) is 0 Å². The third-order valence-corrected chi connectivity index (χ3v) is 2.72. The van der Waals surface area contributed by atoms with Crippen LogP contribution in [0.15, 0.2) is 0 Å². The minimum atomic E-state index is -0.465. The lowest BCUT2D eigenvalue weighted by Gasteiger charge is -2.30. The topological polar surface area (TPSA) is 59.6 Å². The van der Waals surface area contributed by atoms with E-state index in [2.05, 4.69) is 10.6 Å². The lowest BCUT2D eigenvalue weighted by Crippen LogP contribution is -2.51. The summed E-state index contributed by atoms with van der Waals surface area (Å²) in [6.45, 7) is 7.68. The van der Waals surface area contributed by atoms with Crippen molar-refractivity contribution in [3.05, 3.63) is 0 Å². The highest BCUT2D eigenvalue weighted by Crippen LogP contribution is 2.23. The van der Waals surface area contributed by atoms with E-state index in [1.54, 1.807) is 0 Å². The van der Waals surface area contributed by atoms with Gasteiger partial charge >= 0.3 is 6.09 Å². The molecule has 1 unspecified atom stereocenters. The van der Waals surface area contributed by atoms with E-state index in [1.165, 1.54) is 0 Å². The number of hydrogen-bond acceptors (Lipinski definition) is 4. The lowest BCUT2D eigenvalue weighted by atomic mass is 9.94. The summed E-state index contributed by atoms with van der Waals surface area (Å²) in [5, 5.41) is 6.05. The minimum absolute atomic E-state index is 0.272. The molecular weight excluding hydrogens is 220 g/mol. The first-order valence-corrected chi connectivity index (χ1v) is 6.10. The summed E-state index contributed by atoms with van der Waals surface area (Å²) >= 11 is 0. The van der Waals surface area contributed by atoms with Gasteiger partial charge < -0.3 is 20.1 Å². The first-order chi connectivity index (χ1) is 7.87. The molecule has 5 heteroatoms. The van der Waals surface area contributed by atoms with E-state index in [1.807, 2.05) is 27.8 Å². The SMILES string of the molecule is CNCCC1(NC(=O)OC(C)(C)C)CCOC1. The molecule has 0 bridgehead atoms. The molecule has 5 nitrogen and oxygen atoms in total. The van der Waals surface area contributed by atoms with E-state index in [9.17, 15) is 4.79 Å². The van der Waals surface area contributed by atoms with Crippen LogP contribution in [-0.4, -0.2) is 44.0 Å². The highest BCUT2D eigenvalue weighted by atomic mass is 16.6. The normalized spacial score (nSPS) is 24.7. The van der Waals surface area contributed by atoms with Crippen molar-refractivity contribution in [2.75, 3.05) is 26.8 Å². The second kappa shape index (κ2) is 5.69. The Balaban J connectivity index is 2.52. The molecule has 100 valence electrons. The van der Waals surface area contributed by atoms with E-state index < -0.39 is 5.60 Å². The first-order valence-electron chi connectivity index (χ1n) is 6.10. The number of hydrogen-bond donors (Lipinski definition) is 2. The zero-order chi connectivity index (χ0) is 12.9. The van der Waals surface area contributed by atoms with Gasteiger partial charge in [-0.1, -0.05) is 0 Å². The van der Waals surface area contributed by atoms with E-state index in [0.717, 1.165) is 19.4 Å². The number of carbonyl (C=O) groups excluding carboxylic acids is 1. The molecule has 2 N–H and O–H groups in total. The molecule has 0 aromatic rings. The smallest absolute Gasteiger partial charge is 0.408 e. The van der Waals surface area contributed by atoms with Crippen LogP contribution in [0.25, 0.3) is 0 Å². The fourth-order valence-corrected chi connectivity index (χ4v) is 1.85. The predicted molar refractivity (Wildman–Crippen MR) is 66.1 cm³/mol. The maximum atomic E-state index is 11.8. The zero-order valence-electron chi connectivity index (χ0n) is 11.3. The Labute approximate surface area is 103 Å². The Morgan fingerprint density at radius 2 is 2.18 bits per heavy atom. The number of nitrogens with one attached hydrogen (secondary N) is 2. The van der Waals surface area contributed by atoms with Gasteiger partial charge in [-0.3, -0.25) is 0 Å². The maximum Gasteiger partial charge on any atom is 0.408 e. The summed E-state index contributed by atoms with van der Waals surface area (Å²) in [5.74, 6) is 0. The first kappa shape index (κ1) is 14.3. The molecule has 17 heavy (non-hydrogen) atoms. The molecule has 0 aromatic heterocycles. The van der Waals surface area contributed by atoms with Gasteiger partial charge in [0, 0.05) is 6.61 Å². The number of ether oxygens (including phenoxy) is 2. The zero-order valence-corrected chi connectivity index (χ0v) is 11.3. The van der Waals surface area contributed by atoms with Crippen molar-refractivity contribution in [1.82, 2.24) is 10.6 Å². The quantitative estimate of drug-likeness (QED) is 0.782. The Hall–Kier alpha value is -0.810. The molecule has 1 atom stereocenters. The molecule has 1 aliphatic heterocycles. The van der Waals surface area contributed by atoms with E-state index in [-0.39, 0.29) is 11.6 Å². The van der Waals surface area contributed by atoms with Gasteiger partial charge in [-0.15, -0.1) is 0 Å². The van der Waals surface area contributed by atoms with E-state index in [4.69, 9.17) is 9.47 Å². The van der Waals surface area contributed by atoms with Gasteiger partial charge in [0.15, 0.2) is 0 Å². The minimum Gasteiger partial charge on any atom is -0.444 e. The molecule has 1 fully saturated rings. The van der Waals surface area contributed by atoms with E-state index >= 15 is 0 Å². The largest absolute Gasteiger partial charge is 0.444 e. The Morgan fingerprint density at radius 3 is 2.65 bits per heavy atom. The summed E-state index contributed by atoms with van der Waals surface area (Å²) in [6, 6.07) is 0. The van der Waals surface area contributed by atoms with Crippen LogP contribution in [0.2, 0.25) is 0 Å². The van der Waals surface area contributed by atoms with Crippen molar-refractivity contribution in [3.8, 4) is 0 Å². The number of amides is 1. The van der Waals surface area contributed by atoms with Crippen LogP contribution in [0.1, 0.15) is 33.6 Å². The lowest BCUT2D eigenvalue weighted by molar-refractivity contribution is 0.0434. The van der Waals surface area contributed by atoms with Crippen molar-refractivity contribution in [2.24, 2.45) is 0 Å². The van der Waals surface area contributed by atoms with Crippen LogP contribution < -0.4 is 10.6 Å². The predicted octanol–water partition coefficient (Wildman–Crippen LogP) is 1.28. The van der Waals surface area contributed by atoms with Gasteiger partial charge in [-0.2, -0.15) is 0 Å². The molecule has 0 saturated carbocycles. The van der Waals surface area contributed by atoms with Crippen LogP contribution in [0.4, 0.5) is 4.79 Å². The molecule has 0 aliphatic carbocycles. The highest BCUT2D eigenvalue weighted by Gasteiger charge is 2.37. The highest BCUT2D eigenvalue weighted by molar-refractivity contribution is 5.68. The number of carbonyl (C=O) groups is 1. The van der Waals surface area contributed by atoms with Crippen molar-refractivity contribution < 1.29 is 14.3 Å². The van der Waals surface area contributed by atoms with Crippen LogP contribution in [-0.2, 0) is 9.47 Å². The van der Waals surface area contributed by atoms with Crippen LogP contribution in [0, 0.1) is 0 Å². The van der Waals surface area contributed by atoms with Gasteiger partial charge in [0.1, 0.15) is 5.60 Å². The van der Waals surface area contributed by atoms with Crippen molar-refractivity contribution in [3.63, 3.8) is 0 Å². The molecule has 0 spiro atoms. The van der Waals surface area contributed by atoms with Crippen LogP contribution in [0.3, 0.4) is 0 Å². The standard InChI is InChI=1S/C12H24N2O3/c1-11(2,3)17-10(15)14-12(5-7-13-4)6-8-16-9-12/h13H,5-9H2,1-4H3,(H,14,15). The average molecular weight is 244 g/mol. The fourth-order valence-electron chi connectivity index (χ4n) is 1.85. The number of rotatable bonds is 4. The Kier molecular flexibility index (Phi) is 4.77. The molecule has 1 saturated heterocycles. The second-order valence-corrected chi connectivity index (χ2v) is 5.56. The molecule has 1 aliphatic rings. The van der Waals surface area contributed by atoms with E-state index in [0.29, 0.717) is 13.2 Å². The maximum absolute atomic E-state index is 11.8. The average Bonchev–Trinajstić information content (AvgIpc) is 2.60. The van der Waals surface area contributed by atoms with Crippen molar-refractivity contribution >= 4 is 6.09 Å². The van der Waals surface area contributed by atoms with Gasteiger partial charge in [-0.25, -0.2) is 4.79 Å². The van der Waals surface area contributed by atoms with Crippen LogP contribution >= 0.6 is 0 Å². The summed E-state index contributed by atoms with van der Waals surface area (Å²) in [4.78, 5) is 11.8. The molecular formula is C12H24N2O3. The fraction of sp³-hybridized carbons (Fsp3) is 0.917. The molecule has 0 aromatic carbocycles. The second-order valence-electron chi connectivity index (χ2n) is 5.56. The molecule has 1 rings (SSSR count). The van der Waals surface area contributed by atoms with Gasteiger partial charge in [-0.05, 0) is 47.2 Å². The van der Waals surface area contributed by atoms with Gasteiger partial charge in [0.05, 0.1) is 12.1 Å². The van der Waals surface area contributed by atoms with Crippen molar-refractivity contribution in [1.29, 1.82) is 0 Å². The summed E-state index contributed by atoms with van der Waals surface area (Å²) in [7, 11) is 1.90. The Bertz CT molecular complexity index is 255. The third kappa shape index (κ3) is 4.91. The summed E-state index contributed by atoms with van der Waals surface area (Å²) < 4.78 is 10.7. The summed E-state index contributed by atoms with van der Waals surface area (Å²) in [5.41, 5.74) is -0.737.